The minimum absolute atomic E-state index is 0.0745. The lowest BCUT2D eigenvalue weighted by molar-refractivity contribution is -0.139. The molecule has 0 aromatic heterocycles. The zero-order valence-corrected chi connectivity index (χ0v) is 20.2. The van der Waals surface area contributed by atoms with Crippen molar-refractivity contribution in [3.8, 4) is 0 Å². The number of hydrogen-bond donors (Lipinski definition) is 2. The quantitative estimate of drug-likeness (QED) is 0.589. The van der Waals surface area contributed by atoms with Crippen molar-refractivity contribution < 1.29 is 19.1 Å². The van der Waals surface area contributed by atoms with Gasteiger partial charge in [-0.3, -0.25) is 9.80 Å². The Morgan fingerprint density at radius 1 is 1.15 bits per heavy atom. The second-order valence-corrected chi connectivity index (χ2v) is 8.23. The summed E-state index contributed by atoms with van der Waals surface area (Å²) in [6.45, 7) is 9.50. The summed E-state index contributed by atoms with van der Waals surface area (Å²) in [7, 11) is 0. The highest BCUT2D eigenvalue weighted by Gasteiger charge is 2.39. The van der Waals surface area contributed by atoms with Crippen molar-refractivity contribution in [1.82, 2.24) is 25.3 Å². The summed E-state index contributed by atoms with van der Waals surface area (Å²) in [4.78, 5) is 43.8. The van der Waals surface area contributed by atoms with E-state index in [-0.39, 0.29) is 18.7 Å². The third-order valence-electron chi connectivity index (χ3n) is 5.83. The maximum Gasteiger partial charge on any atom is 0.338 e. The van der Waals surface area contributed by atoms with Crippen LogP contribution in [-0.4, -0.2) is 85.2 Å². The molecule has 180 valence electrons. The van der Waals surface area contributed by atoms with E-state index in [1.165, 1.54) is 0 Å². The van der Waals surface area contributed by atoms with Gasteiger partial charge in [0.05, 0.1) is 18.2 Å². The molecule has 2 aliphatic rings. The van der Waals surface area contributed by atoms with Crippen molar-refractivity contribution in [1.29, 1.82) is 0 Å². The zero-order chi connectivity index (χ0) is 24.0. The van der Waals surface area contributed by atoms with Crippen LogP contribution in [0.25, 0.3) is 0 Å². The van der Waals surface area contributed by atoms with Crippen LogP contribution in [0.1, 0.15) is 32.4 Å². The smallest absolute Gasteiger partial charge is 0.338 e. The lowest BCUT2D eigenvalue weighted by atomic mass is 9.94. The second kappa shape index (κ2) is 11.4. The van der Waals surface area contributed by atoms with Crippen LogP contribution in [0.5, 0.6) is 0 Å². The van der Waals surface area contributed by atoms with Crippen LogP contribution >= 0.6 is 11.6 Å². The molecule has 0 unspecified atom stereocenters. The second-order valence-electron chi connectivity index (χ2n) is 7.83. The Labute approximate surface area is 199 Å². The highest BCUT2D eigenvalue weighted by atomic mass is 35.5. The molecular weight excluding hydrogens is 446 g/mol. The number of halogens is 1. The number of esters is 1. The summed E-state index contributed by atoms with van der Waals surface area (Å²) in [5.74, 6) is -0.475. The molecule has 3 rings (SSSR count). The number of ether oxygens (including phenoxy) is 1. The molecule has 1 aromatic carbocycles. The number of amides is 4. The average molecular weight is 478 g/mol. The molecule has 0 aliphatic carbocycles. The molecule has 2 heterocycles. The van der Waals surface area contributed by atoms with Crippen LogP contribution in [0.4, 0.5) is 9.59 Å². The number of nitrogens with one attached hydrogen (secondary N) is 2. The average Bonchev–Trinajstić information content (AvgIpc) is 2.80. The molecule has 33 heavy (non-hydrogen) atoms. The van der Waals surface area contributed by atoms with Crippen molar-refractivity contribution in [2.24, 2.45) is 0 Å². The number of urea groups is 2. The van der Waals surface area contributed by atoms with Crippen molar-refractivity contribution in [3.05, 3.63) is 46.1 Å². The van der Waals surface area contributed by atoms with Crippen molar-refractivity contribution in [3.63, 3.8) is 0 Å². The van der Waals surface area contributed by atoms with Gasteiger partial charge in [-0.2, -0.15) is 0 Å². The topological polar surface area (TPSA) is 94.2 Å². The first-order chi connectivity index (χ1) is 15.9. The van der Waals surface area contributed by atoms with Crippen LogP contribution in [-0.2, 0) is 9.53 Å². The molecule has 0 radical (unpaired) electrons. The Bertz CT molecular complexity index is 914. The van der Waals surface area contributed by atoms with Crippen LogP contribution in [0, 0.1) is 0 Å². The Morgan fingerprint density at radius 2 is 1.85 bits per heavy atom. The fraction of sp³-hybridized carbons (Fsp3) is 0.522. The highest BCUT2D eigenvalue weighted by molar-refractivity contribution is 6.31. The third kappa shape index (κ3) is 5.59. The number of likely N-dealkylation sites (N-methyl/N-ethyl adjacent to an activating group) is 1. The van der Waals surface area contributed by atoms with E-state index in [2.05, 4.69) is 15.5 Å². The zero-order valence-electron chi connectivity index (χ0n) is 19.4. The molecule has 10 heteroatoms. The Hall–Kier alpha value is -2.78. The molecular formula is C23H32ClN5O4. The molecule has 0 spiro atoms. The van der Waals surface area contributed by atoms with Gasteiger partial charge in [0.25, 0.3) is 0 Å². The molecule has 1 fully saturated rings. The van der Waals surface area contributed by atoms with Gasteiger partial charge < -0.3 is 20.3 Å². The van der Waals surface area contributed by atoms with Gasteiger partial charge >= 0.3 is 18.0 Å². The van der Waals surface area contributed by atoms with Crippen molar-refractivity contribution in [2.75, 3.05) is 52.4 Å². The predicted molar refractivity (Wildman–Crippen MR) is 126 cm³/mol. The summed E-state index contributed by atoms with van der Waals surface area (Å²) in [5, 5.41) is 6.22. The van der Waals surface area contributed by atoms with E-state index < -0.39 is 12.0 Å². The lowest BCUT2D eigenvalue weighted by Crippen LogP contribution is -2.55. The maximum atomic E-state index is 13.1. The number of nitrogens with zero attached hydrogens (tertiary/aromatic N) is 3. The number of carbonyl (C=O) groups is 3. The van der Waals surface area contributed by atoms with Gasteiger partial charge in [0.15, 0.2) is 0 Å². The fourth-order valence-corrected chi connectivity index (χ4v) is 4.43. The first-order valence-corrected chi connectivity index (χ1v) is 11.8. The summed E-state index contributed by atoms with van der Waals surface area (Å²) in [6.07, 6.45) is 0. The molecule has 9 nitrogen and oxygen atoms in total. The molecule has 2 aliphatic heterocycles. The molecule has 1 atom stereocenters. The standard InChI is InChI=1S/C23H32ClN5O4/c1-4-25-22(31)28-13-11-27(12-14-28)15-18-19(21(30)33-6-3)20(26-23(32)29(18)5-2)16-9-7-8-10-17(16)24/h7-10,20H,4-6,11-15H2,1-3H3,(H,25,31)(H,26,32)/t20-/m0/s1. The lowest BCUT2D eigenvalue weighted by Gasteiger charge is -2.40. The Morgan fingerprint density at radius 3 is 2.45 bits per heavy atom. The maximum absolute atomic E-state index is 13.1. The number of rotatable bonds is 7. The predicted octanol–water partition coefficient (Wildman–Crippen LogP) is 2.59. The first kappa shape index (κ1) is 24.9. The van der Waals surface area contributed by atoms with Gasteiger partial charge in [-0.1, -0.05) is 29.8 Å². The van der Waals surface area contributed by atoms with Crippen molar-refractivity contribution in [2.45, 2.75) is 26.8 Å². The van der Waals surface area contributed by atoms with Crippen LogP contribution in [0.2, 0.25) is 5.02 Å². The van der Waals surface area contributed by atoms with E-state index >= 15 is 0 Å². The number of benzene rings is 1. The molecule has 4 amide bonds. The van der Waals surface area contributed by atoms with E-state index in [1.54, 1.807) is 34.9 Å². The Kier molecular flexibility index (Phi) is 8.57. The van der Waals surface area contributed by atoms with Crippen molar-refractivity contribution >= 4 is 29.6 Å². The van der Waals surface area contributed by atoms with Gasteiger partial charge in [-0.15, -0.1) is 0 Å². The van der Waals surface area contributed by atoms with Gasteiger partial charge in [0, 0.05) is 56.5 Å². The number of carbonyl (C=O) groups excluding carboxylic acids is 3. The van der Waals surface area contributed by atoms with Crippen LogP contribution in [0.15, 0.2) is 35.5 Å². The van der Waals surface area contributed by atoms with E-state index in [4.69, 9.17) is 16.3 Å². The minimum atomic E-state index is -0.709. The van der Waals surface area contributed by atoms with Gasteiger partial charge in [-0.05, 0) is 32.4 Å². The highest BCUT2D eigenvalue weighted by Crippen LogP contribution is 2.35. The largest absolute Gasteiger partial charge is 0.463 e. The molecule has 0 bridgehead atoms. The number of hydrogen-bond acceptors (Lipinski definition) is 5. The fourth-order valence-electron chi connectivity index (χ4n) is 4.18. The summed E-state index contributed by atoms with van der Waals surface area (Å²) >= 11 is 6.44. The molecule has 2 N–H and O–H groups in total. The van der Waals surface area contributed by atoms with Gasteiger partial charge in [0.1, 0.15) is 0 Å². The summed E-state index contributed by atoms with van der Waals surface area (Å²) in [6, 6.07) is 6.09. The van der Waals surface area contributed by atoms with Crippen LogP contribution in [0.3, 0.4) is 0 Å². The third-order valence-corrected chi connectivity index (χ3v) is 6.17. The first-order valence-electron chi connectivity index (χ1n) is 11.4. The SMILES string of the molecule is CCNC(=O)N1CCN(CC2=C(C(=O)OCC)[C@H](c3ccccc3Cl)NC(=O)N2CC)CC1. The van der Waals surface area contributed by atoms with E-state index in [0.29, 0.717) is 67.7 Å². The van der Waals surface area contributed by atoms with E-state index in [9.17, 15) is 14.4 Å². The van der Waals surface area contributed by atoms with E-state index in [1.807, 2.05) is 19.9 Å². The molecule has 0 saturated carbocycles. The summed E-state index contributed by atoms with van der Waals surface area (Å²) in [5.41, 5.74) is 1.64. The monoisotopic (exact) mass is 477 g/mol. The number of piperazine rings is 1. The van der Waals surface area contributed by atoms with Crippen LogP contribution < -0.4 is 10.6 Å². The van der Waals surface area contributed by atoms with E-state index in [0.717, 1.165) is 0 Å². The molecule has 1 saturated heterocycles. The van der Waals surface area contributed by atoms with Gasteiger partial charge in [-0.25, -0.2) is 14.4 Å². The minimum Gasteiger partial charge on any atom is -0.463 e. The Balaban J connectivity index is 1.94. The summed E-state index contributed by atoms with van der Waals surface area (Å²) < 4.78 is 5.40. The van der Waals surface area contributed by atoms with Gasteiger partial charge in [0.2, 0.25) is 0 Å². The molecule has 1 aromatic rings. The normalized spacial score (nSPS) is 19.4.